The molecule has 162 valence electrons. The highest BCUT2D eigenvalue weighted by Crippen LogP contribution is 2.37. The van der Waals surface area contributed by atoms with E-state index >= 15 is 0 Å². The fourth-order valence-corrected chi connectivity index (χ4v) is 4.45. The van der Waals surface area contributed by atoms with Crippen molar-refractivity contribution in [2.75, 3.05) is 25.3 Å². The van der Waals surface area contributed by atoms with Gasteiger partial charge in [-0.2, -0.15) is 0 Å². The molecule has 0 radical (unpaired) electrons. The number of methoxy groups -OCH3 is 1. The Morgan fingerprint density at radius 2 is 1.68 bits per heavy atom. The summed E-state index contributed by atoms with van der Waals surface area (Å²) in [6.45, 7) is 1.90. The summed E-state index contributed by atoms with van der Waals surface area (Å²) in [4.78, 5) is 25.5. The van der Waals surface area contributed by atoms with Crippen molar-refractivity contribution in [3.05, 3.63) is 65.0 Å². The zero-order valence-corrected chi connectivity index (χ0v) is 18.8. The number of benzene rings is 2. The number of amides is 1. The highest BCUT2D eigenvalue weighted by Gasteiger charge is 2.23. The Morgan fingerprint density at radius 3 is 2.23 bits per heavy atom. The standard InChI is InChI=1S/C22H21NO6S2/c1-4-29-22(25)19-18(14-5-9-16(28-2)10-6-14)13-30-21(19)23-20(24)15-7-11-17(12-8-15)31(3,26)27/h5-13H,4H2,1-3H3,(H,23,24). The van der Waals surface area contributed by atoms with E-state index in [9.17, 15) is 18.0 Å². The van der Waals surface area contributed by atoms with E-state index < -0.39 is 21.7 Å². The Labute approximate surface area is 184 Å². The molecule has 1 amide bonds. The van der Waals surface area contributed by atoms with Crippen LogP contribution in [0.25, 0.3) is 11.1 Å². The molecule has 1 heterocycles. The number of rotatable bonds is 7. The molecular formula is C22H21NO6S2. The Kier molecular flexibility index (Phi) is 6.77. The molecule has 0 saturated heterocycles. The minimum atomic E-state index is -3.36. The van der Waals surface area contributed by atoms with E-state index in [4.69, 9.17) is 9.47 Å². The Balaban J connectivity index is 1.94. The first-order valence-corrected chi connectivity index (χ1v) is 12.1. The second-order valence-corrected chi connectivity index (χ2v) is 9.45. The molecule has 0 aliphatic carbocycles. The van der Waals surface area contributed by atoms with Crippen LogP contribution in [0, 0.1) is 0 Å². The summed E-state index contributed by atoms with van der Waals surface area (Å²) in [6, 6.07) is 12.8. The Bertz CT molecular complexity index is 1200. The van der Waals surface area contributed by atoms with Gasteiger partial charge in [-0.05, 0) is 48.9 Å². The lowest BCUT2D eigenvalue weighted by atomic mass is 10.0. The van der Waals surface area contributed by atoms with Crippen molar-refractivity contribution in [1.29, 1.82) is 0 Å². The molecule has 0 aliphatic heterocycles. The first kappa shape index (κ1) is 22.5. The number of carbonyl (C=O) groups excluding carboxylic acids is 2. The van der Waals surface area contributed by atoms with E-state index in [0.29, 0.717) is 16.3 Å². The number of hydrogen-bond acceptors (Lipinski definition) is 7. The van der Waals surface area contributed by atoms with Crippen LogP contribution in [0.3, 0.4) is 0 Å². The van der Waals surface area contributed by atoms with E-state index in [1.807, 2.05) is 12.1 Å². The summed E-state index contributed by atoms with van der Waals surface area (Å²) >= 11 is 1.21. The first-order valence-electron chi connectivity index (χ1n) is 9.29. The summed E-state index contributed by atoms with van der Waals surface area (Å²) in [5, 5.41) is 4.86. The van der Waals surface area contributed by atoms with Crippen LogP contribution in [0.2, 0.25) is 0 Å². The number of sulfone groups is 1. The molecule has 0 atom stereocenters. The summed E-state index contributed by atoms with van der Waals surface area (Å²) in [5.41, 5.74) is 1.94. The highest BCUT2D eigenvalue weighted by atomic mass is 32.2. The molecule has 0 spiro atoms. The number of thiophene rings is 1. The molecule has 1 aromatic heterocycles. The van der Waals surface area contributed by atoms with Gasteiger partial charge in [-0.3, -0.25) is 4.79 Å². The number of esters is 1. The molecule has 31 heavy (non-hydrogen) atoms. The zero-order valence-electron chi connectivity index (χ0n) is 17.2. The van der Waals surface area contributed by atoms with E-state index in [1.165, 1.54) is 35.6 Å². The van der Waals surface area contributed by atoms with Gasteiger partial charge in [-0.25, -0.2) is 13.2 Å². The molecule has 1 N–H and O–H groups in total. The molecule has 0 saturated carbocycles. The molecule has 0 fully saturated rings. The van der Waals surface area contributed by atoms with Crippen LogP contribution >= 0.6 is 11.3 Å². The molecule has 0 aliphatic rings. The second kappa shape index (κ2) is 9.32. The lowest BCUT2D eigenvalue weighted by Crippen LogP contribution is -2.15. The van der Waals surface area contributed by atoms with Gasteiger partial charge in [-0.1, -0.05) is 12.1 Å². The number of nitrogens with one attached hydrogen (secondary N) is 1. The van der Waals surface area contributed by atoms with Crippen molar-refractivity contribution in [3.63, 3.8) is 0 Å². The van der Waals surface area contributed by atoms with Crippen LogP contribution in [-0.4, -0.2) is 40.3 Å². The fraction of sp³-hybridized carbons (Fsp3) is 0.182. The van der Waals surface area contributed by atoms with Gasteiger partial charge < -0.3 is 14.8 Å². The van der Waals surface area contributed by atoms with Crippen molar-refractivity contribution in [2.45, 2.75) is 11.8 Å². The van der Waals surface area contributed by atoms with Gasteiger partial charge in [0.1, 0.15) is 16.3 Å². The van der Waals surface area contributed by atoms with Crippen molar-refractivity contribution in [1.82, 2.24) is 0 Å². The highest BCUT2D eigenvalue weighted by molar-refractivity contribution is 7.90. The molecule has 0 bridgehead atoms. The van der Waals surface area contributed by atoms with Crippen LogP contribution in [-0.2, 0) is 14.6 Å². The summed E-state index contributed by atoms with van der Waals surface area (Å²) in [5.74, 6) is -0.325. The molecular weight excluding hydrogens is 438 g/mol. The fourth-order valence-electron chi connectivity index (χ4n) is 2.87. The third-order valence-electron chi connectivity index (χ3n) is 4.44. The second-order valence-electron chi connectivity index (χ2n) is 6.55. The normalized spacial score (nSPS) is 11.1. The maximum Gasteiger partial charge on any atom is 0.341 e. The van der Waals surface area contributed by atoms with E-state index in [1.54, 1.807) is 31.5 Å². The lowest BCUT2D eigenvalue weighted by molar-refractivity contribution is 0.0529. The molecule has 3 aromatic rings. The zero-order chi connectivity index (χ0) is 22.6. The van der Waals surface area contributed by atoms with E-state index in [2.05, 4.69) is 5.32 Å². The van der Waals surface area contributed by atoms with E-state index in [0.717, 1.165) is 11.8 Å². The smallest absolute Gasteiger partial charge is 0.341 e. The quantitative estimate of drug-likeness (QED) is 0.530. The van der Waals surface area contributed by atoms with Crippen molar-refractivity contribution >= 4 is 38.1 Å². The summed E-state index contributed by atoms with van der Waals surface area (Å²) in [6.07, 6.45) is 1.10. The van der Waals surface area contributed by atoms with Crippen molar-refractivity contribution < 1.29 is 27.5 Å². The molecule has 9 heteroatoms. The van der Waals surface area contributed by atoms with Crippen molar-refractivity contribution in [2.24, 2.45) is 0 Å². The van der Waals surface area contributed by atoms with Gasteiger partial charge in [-0.15, -0.1) is 11.3 Å². The summed E-state index contributed by atoms with van der Waals surface area (Å²) < 4.78 is 33.6. The van der Waals surface area contributed by atoms with Gasteiger partial charge >= 0.3 is 5.97 Å². The van der Waals surface area contributed by atoms with Gasteiger partial charge in [0.15, 0.2) is 9.84 Å². The van der Waals surface area contributed by atoms with Gasteiger partial charge in [0.25, 0.3) is 5.91 Å². The van der Waals surface area contributed by atoms with Crippen LogP contribution < -0.4 is 10.1 Å². The molecule has 2 aromatic carbocycles. The molecule has 3 rings (SSSR count). The lowest BCUT2D eigenvalue weighted by Gasteiger charge is -2.09. The largest absolute Gasteiger partial charge is 0.497 e. The number of anilines is 1. The number of ether oxygens (including phenoxy) is 2. The maximum absolute atomic E-state index is 12.7. The summed E-state index contributed by atoms with van der Waals surface area (Å²) in [7, 11) is -1.79. The van der Waals surface area contributed by atoms with Gasteiger partial charge in [0, 0.05) is 22.8 Å². The van der Waals surface area contributed by atoms with E-state index in [-0.39, 0.29) is 22.6 Å². The average molecular weight is 460 g/mol. The third kappa shape index (κ3) is 5.12. The predicted octanol–water partition coefficient (Wildman–Crippen LogP) is 4.26. The van der Waals surface area contributed by atoms with Crippen LogP contribution in [0.15, 0.2) is 58.8 Å². The minimum Gasteiger partial charge on any atom is -0.497 e. The van der Waals surface area contributed by atoms with Gasteiger partial charge in [0.2, 0.25) is 0 Å². The third-order valence-corrected chi connectivity index (χ3v) is 6.47. The molecule has 7 nitrogen and oxygen atoms in total. The monoisotopic (exact) mass is 459 g/mol. The Morgan fingerprint density at radius 1 is 1.03 bits per heavy atom. The predicted molar refractivity (Wildman–Crippen MR) is 120 cm³/mol. The van der Waals surface area contributed by atoms with Gasteiger partial charge in [0.05, 0.1) is 18.6 Å². The van der Waals surface area contributed by atoms with Crippen LogP contribution in [0.4, 0.5) is 5.00 Å². The average Bonchev–Trinajstić information content (AvgIpc) is 3.17. The first-order chi connectivity index (χ1) is 14.7. The van der Waals surface area contributed by atoms with Crippen molar-refractivity contribution in [3.8, 4) is 16.9 Å². The number of hydrogen-bond donors (Lipinski definition) is 1. The Hall–Kier alpha value is -3.17. The maximum atomic E-state index is 12.7. The SMILES string of the molecule is CCOC(=O)c1c(-c2ccc(OC)cc2)csc1NC(=O)c1ccc(S(C)(=O)=O)cc1. The topological polar surface area (TPSA) is 98.8 Å². The van der Waals surface area contributed by atoms with Crippen LogP contribution in [0.5, 0.6) is 5.75 Å². The minimum absolute atomic E-state index is 0.120. The van der Waals surface area contributed by atoms with Crippen LogP contribution in [0.1, 0.15) is 27.6 Å². The number of carbonyl (C=O) groups is 2. The molecule has 0 unspecified atom stereocenters.